The van der Waals surface area contributed by atoms with Crippen molar-refractivity contribution in [3.8, 4) is 0 Å². The monoisotopic (exact) mass is 192 g/mol. The van der Waals surface area contributed by atoms with Gasteiger partial charge in [-0.05, 0) is 28.7 Å². The van der Waals surface area contributed by atoms with Crippen molar-refractivity contribution in [1.82, 2.24) is 0 Å². The van der Waals surface area contributed by atoms with Crippen molar-refractivity contribution >= 4 is 12.2 Å². The van der Waals surface area contributed by atoms with Crippen LogP contribution in [-0.4, -0.2) is 0 Å². The first-order valence-corrected chi connectivity index (χ1v) is 5.27. The van der Waals surface area contributed by atoms with Gasteiger partial charge in [0.05, 0.1) is 0 Å². The molecule has 2 aliphatic carbocycles. The Morgan fingerprint density at radius 1 is 0.800 bits per heavy atom. The molecule has 15 heavy (non-hydrogen) atoms. The lowest BCUT2D eigenvalue weighted by atomic mass is 9.90. The van der Waals surface area contributed by atoms with Crippen LogP contribution in [0.1, 0.15) is 16.7 Å². The van der Waals surface area contributed by atoms with E-state index >= 15 is 0 Å². The number of hydrogen-bond acceptors (Lipinski definition) is 0. The van der Waals surface area contributed by atoms with Crippen molar-refractivity contribution in [2.75, 3.05) is 0 Å². The van der Waals surface area contributed by atoms with E-state index in [2.05, 4.69) is 60.7 Å². The maximum atomic E-state index is 2.21. The Hall–Kier alpha value is -1.82. The maximum Gasteiger partial charge on any atom is -0.00139 e. The molecule has 0 N–H and O–H groups in total. The van der Waals surface area contributed by atoms with Crippen LogP contribution in [0.3, 0.4) is 0 Å². The second-order valence-electron chi connectivity index (χ2n) is 3.91. The quantitative estimate of drug-likeness (QED) is 0.587. The van der Waals surface area contributed by atoms with Crippen molar-refractivity contribution in [2.24, 2.45) is 0 Å². The number of fused-ring (bicyclic) bond motifs is 1. The first-order chi connectivity index (χ1) is 7.43. The number of rotatable bonds is 0. The van der Waals surface area contributed by atoms with E-state index in [1.165, 1.54) is 22.3 Å². The average Bonchev–Trinajstić information content (AvgIpc) is 2.37. The van der Waals surface area contributed by atoms with Crippen molar-refractivity contribution in [3.05, 3.63) is 70.8 Å². The predicted octanol–water partition coefficient (Wildman–Crippen LogP) is 3.77. The third-order valence-corrected chi connectivity index (χ3v) is 2.91. The van der Waals surface area contributed by atoms with Crippen LogP contribution < -0.4 is 0 Å². The van der Waals surface area contributed by atoms with Crippen LogP contribution in [-0.2, 0) is 6.42 Å². The molecule has 0 unspecified atom stereocenters. The summed E-state index contributed by atoms with van der Waals surface area (Å²) >= 11 is 0. The van der Waals surface area contributed by atoms with Gasteiger partial charge in [-0.2, -0.15) is 0 Å². The fourth-order valence-electron chi connectivity index (χ4n) is 2.12. The lowest BCUT2D eigenvalue weighted by Gasteiger charge is -2.15. The van der Waals surface area contributed by atoms with Gasteiger partial charge in [-0.15, -0.1) is 0 Å². The van der Waals surface area contributed by atoms with Gasteiger partial charge in [0.15, 0.2) is 0 Å². The van der Waals surface area contributed by atoms with Gasteiger partial charge in [-0.25, -0.2) is 0 Å². The molecular weight excluding hydrogens is 180 g/mol. The molecule has 0 saturated heterocycles. The Kier molecular flexibility index (Phi) is 1.92. The highest BCUT2D eigenvalue weighted by molar-refractivity contribution is 5.69. The van der Waals surface area contributed by atoms with Gasteiger partial charge in [0, 0.05) is 0 Å². The Morgan fingerprint density at radius 3 is 2.60 bits per heavy atom. The summed E-state index contributed by atoms with van der Waals surface area (Å²) in [7, 11) is 0. The largest absolute Gasteiger partial charge is 0.0622 e. The molecule has 1 aromatic carbocycles. The van der Waals surface area contributed by atoms with Gasteiger partial charge in [-0.1, -0.05) is 60.7 Å². The molecule has 0 heteroatoms. The molecule has 0 amide bonds. The van der Waals surface area contributed by atoms with Gasteiger partial charge in [0.1, 0.15) is 0 Å². The summed E-state index contributed by atoms with van der Waals surface area (Å²) in [6.45, 7) is 0. The van der Waals surface area contributed by atoms with Crippen molar-refractivity contribution in [2.45, 2.75) is 6.42 Å². The van der Waals surface area contributed by atoms with E-state index in [0.29, 0.717) is 0 Å². The molecule has 2 bridgehead atoms. The van der Waals surface area contributed by atoms with E-state index < -0.39 is 0 Å². The summed E-state index contributed by atoms with van der Waals surface area (Å²) in [6.07, 6.45) is 16.1. The van der Waals surface area contributed by atoms with E-state index in [0.717, 1.165) is 6.42 Å². The standard InChI is InChI=1S/C15H12/c1-2-5-12-9-10-14-8-4-7-13(6-3-1)15(14)11-12/h1-10H,11H2/b2-1-,6-3?,12-5-. The minimum atomic E-state index is 1.05. The van der Waals surface area contributed by atoms with E-state index in [1.807, 2.05) is 0 Å². The number of benzene rings is 1. The molecule has 0 spiro atoms. The molecule has 0 radical (unpaired) electrons. The fourth-order valence-corrected chi connectivity index (χ4v) is 2.12. The fraction of sp³-hybridized carbons (Fsp3) is 0.0667. The van der Waals surface area contributed by atoms with Gasteiger partial charge in [0.2, 0.25) is 0 Å². The molecule has 3 rings (SSSR count). The molecular formula is C15H12. The van der Waals surface area contributed by atoms with Crippen LogP contribution in [0.4, 0.5) is 0 Å². The number of allylic oxidation sites excluding steroid dienone is 6. The lowest BCUT2D eigenvalue weighted by molar-refractivity contribution is 1.16. The highest BCUT2D eigenvalue weighted by Crippen LogP contribution is 2.27. The Morgan fingerprint density at radius 2 is 1.67 bits per heavy atom. The van der Waals surface area contributed by atoms with Crippen LogP contribution in [0.5, 0.6) is 0 Å². The van der Waals surface area contributed by atoms with Gasteiger partial charge < -0.3 is 0 Å². The second-order valence-corrected chi connectivity index (χ2v) is 3.91. The summed E-state index contributed by atoms with van der Waals surface area (Å²) < 4.78 is 0. The first-order valence-electron chi connectivity index (χ1n) is 5.27. The highest BCUT2D eigenvalue weighted by atomic mass is 14.1. The molecule has 0 aliphatic heterocycles. The van der Waals surface area contributed by atoms with Crippen LogP contribution in [0, 0.1) is 0 Å². The van der Waals surface area contributed by atoms with Crippen molar-refractivity contribution < 1.29 is 0 Å². The lowest BCUT2D eigenvalue weighted by Crippen LogP contribution is -1.99. The Bertz CT molecular complexity index is 511. The maximum absolute atomic E-state index is 2.21. The van der Waals surface area contributed by atoms with Crippen LogP contribution in [0.2, 0.25) is 0 Å². The van der Waals surface area contributed by atoms with E-state index in [9.17, 15) is 0 Å². The van der Waals surface area contributed by atoms with Gasteiger partial charge in [-0.3, -0.25) is 0 Å². The first kappa shape index (κ1) is 8.49. The summed E-state index contributed by atoms with van der Waals surface area (Å²) in [4.78, 5) is 0. The highest BCUT2D eigenvalue weighted by Gasteiger charge is 2.10. The summed E-state index contributed by atoms with van der Waals surface area (Å²) in [5.41, 5.74) is 5.53. The van der Waals surface area contributed by atoms with E-state index in [1.54, 1.807) is 0 Å². The molecule has 1 aromatic rings. The minimum Gasteiger partial charge on any atom is -0.0622 e. The van der Waals surface area contributed by atoms with Crippen molar-refractivity contribution in [1.29, 1.82) is 0 Å². The molecule has 0 saturated carbocycles. The van der Waals surface area contributed by atoms with Crippen LogP contribution in [0.25, 0.3) is 12.2 Å². The smallest absolute Gasteiger partial charge is 0.00139 e. The SMILES string of the molecule is C1=Cc2cccc3c2C/C(=C\C=C/1)C=C3. The topological polar surface area (TPSA) is 0 Å². The van der Waals surface area contributed by atoms with E-state index in [4.69, 9.17) is 0 Å². The molecule has 0 atom stereocenters. The van der Waals surface area contributed by atoms with Crippen molar-refractivity contribution in [3.63, 3.8) is 0 Å². The molecule has 0 aromatic heterocycles. The van der Waals surface area contributed by atoms with Crippen LogP contribution in [0.15, 0.2) is 54.2 Å². The molecule has 0 heterocycles. The zero-order valence-electron chi connectivity index (χ0n) is 8.48. The average molecular weight is 192 g/mol. The van der Waals surface area contributed by atoms with Crippen LogP contribution >= 0.6 is 0 Å². The zero-order valence-corrected chi connectivity index (χ0v) is 8.48. The third kappa shape index (κ3) is 1.48. The molecule has 2 aliphatic rings. The molecule has 72 valence electrons. The van der Waals surface area contributed by atoms with E-state index in [-0.39, 0.29) is 0 Å². The van der Waals surface area contributed by atoms with Gasteiger partial charge in [0.25, 0.3) is 0 Å². The summed E-state index contributed by atoms with van der Waals surface area (Å²) in [6, 6.07) is 6.50. The molecule has 0 fully saturated rings. The Balaban J connectivity index is 2.29. The van der Waals surface area contributed by atoms with Gasteiger partial charge >= 0.3 is 0 Å². The third-order valence-electron chi connectivity index (χ3n) is 2.91. The summed E-state index contributed by atoms with van der Waals surface area (Å²) in [5, 5.41) is 0. The predicted molar refractivity (Wildman–Crippen MR) is 65.4 cm³/mol. The second kappa shape index (κ2) is 3.39. The zero-order chi connectivity index (χ0) is 10.1. The minimum absolute atomic E-state index is 1.05. The Labute approximate surface area is 89.9 Å². The summed E-state index contributed by atoms with van der Waals surface area (Å²) in [5.74, 6) is 0. The normalized spacial score (nSPS) is 22.3. The number of hydrogen-bond donors (Lipinski definition) is 0. The molecule has 0 nitrogen and oxygen atoms in total.